The smallest absolute Gasteiger partial charge is 0.125 e. The third-order valence-corrected chi connectivity index (χ3v) is 2.95. The number of rotatable bonds is 3. The van der Waals surface area contributed by atoms with Crippen LogP contribution in [0.2, 0.25) is 0 Å². The van der Waals surface area contributed by atoms with Gasteiger partial charge in [-0.2, -0.15) is 0 Å². The normalized spacial score (nSPS) is 12.2. The average Bonchev–Trinajstić information content (AvgIpc) is 2.38. The average molecular weight is 243 g/mol. The number of para-hydroxylation sites is 1. The molecule has 1 aromatic carbocycles. The number of hydrogen-bond acceptors (Lipinski definition) is 3. The first-order valence-corrected chi connectivity index (χ1v) is 5.87. The van der Waals surface area contributed by atoms with Crippen LogP contribution >= 0.6 is 0 Å². The van der Waals surface area contributed by atoms with Crippen molar-refractivity contribution in [3.8, 4) is 5.75 Å². The number of aliphatic hydroxyl groups is 1. The minimum atomic E-state index is -0.762. The first-order chi connectivity index (χ1) is 8.63. The van der Waals surface area contributed by atoms with Crippen LogP contribution in [0.1, 0.15) is 28.5 Å². The van der Waals surface area contributed by atoms with E-state index >= 15 is 0 Å². The molecule has 18 heavy (non-hydrogen) atoms. The van der Waals surface area contributed by atoms with Crippen LogP contribution in [0.3, 0.4) is 0 Å². The van der Waals surface area contributed by atoms with Crippen molar-refractivity contribution in [3.05, 3.63) is 58.9 Å². The lowest BCUT2D eigenvalue weighted by Gasteiger charge is -2.16. The molecule has 1 atom stereocenters. The molecule has 2 aromatic rings. The van der Waals surface area contributed by atoms with Gasteiger partial charge in [0.15, 0.2) is 0 Å². The summed E-state index contributed by atoms with van der Waals surface area (Å²) in [4.78, 5) is 4.32. The van der Waals surface area contributed by atoms with Gasteiger partial charge in [-0.1, -0.05) is 24.3 Å². The Labute approximate surface area is 107 Å². The van der Waals surface area contributed by atoms with Crippen LogP contribution in [0.15, 0.2) is 36.5 Å². The Morgan fingerprint density at radius 3 is 2.61 bits per heavy atom. The fourth-order valence-corrected chi connectivity index (χ4v) is 2.05. The quantitative estimate of drug-likeness (QED) is 0.901. The summed E-state index contributed by atoms with van der Waals surface area (Å²) < 4.78 is 5.26. The van der Waals surface area contributed by atoms with Crippen molar-refractivity contribution in [2.24, 2.45) is 0 Å². The zero-order valence-corrected chi connectivity index (χ0v) is 10.8. The number of pyridine rings is 1. The topological polar surface area (TPSA) is 42.4 Å². The van der Waals surface area contributed by atoms with Crippen molar-refractivity contribution in [2.75, 3.05) is 7.11 Å². The van der Waals surface area contributed by atoms with Gasteiger partial charge in [-0.05, 0) is 31.0 Å². The second-order valence-electron chi connectivity index (χ2n) is 4.36. The Bertz CT molecular complexity index is 552. The van der Waals surface area contributed by atoms with Crippen molar-refractivity contribution < 1.29 is 9.84 Å². The van der Waals surface area contributed by atoms with Gasteiger partial charge in [-0.15, -0.1) is 0 Å². The summed E-state index contributed by atoms with van der Waals surface area (Å²) in [5.74, 6) is 0.673. The highest BCUT2D eigenvalue weighted by Crippen LogP contribution is 2.30. The maximum absolute atomic E-state index is 10.4. The molecule has 0 spiro atoms. The fraction of sp³-hybridized carbons (Fsp3) is 0.267. The Morgan fingerprint density at radius 2 is 1.94 bits per heavy atom. The molecule has 1 N–H and O–H groups in total. The van der Waals surface area contributed by atoms with E-state index in [1.807, 2.05) is 44.2 Å². The predicted molar refractivity (Wildman–Crippen MR) is 70.8 cm³/mol. The lowest BCUT2D eigenvalue weighted by Crippen LogP contribution is -2.06. The van der Waals surface area contributed by atoms with Crippen molar-refractivity contribution in [3.63, 3.8) is 0 Å². The molecule has 0 saturated heterocycles. The molecule has 3 heteroatoms. The van der Waals surface area contributed by atoms with E-state index in [1.165, 1.54) is 0 Å². The summed E-state index contributed by atoms with van der Waals surface area (Å²) in [6, 6.07) is 9.46. The molecular weight excluding hydrogens is 226 g/mol. The summed E-state index contributed by atoms with van der Waals surface area (Å²) in [5.41, 5.74) is 3.47. The van der Waals surface area contributed by atoms with Crippen molar-refractivity contribution in [1.29, 1.82) is 0 Å². The first kappa shape index (κ1) is 12.6. The number of benzene rings is 1. The zero-order valence-electron chi connectivity index (χ0n) is 10.8. The molecule has 94 valence electrons. The minimum Gasteiger partial charge on any atom is -0.496 e. The number of hydrogen-bond donors (Lipinski definition) is 1. The van der Waals surface area contributed by atoms with Gasteiger partial charge < -0.3 is 9.84 Å². The second-order valence-corrected chi connectivity index (χ2v) is 4.36. The molecule has 1 heterocycles. The molecule has 0 amide bonds. The van der Waals surface area contributed by atoms with Crippen molar-refractivity contribution in [2.45, 2.75) is 20.0 Å². The molecule has 2 rings (SSSR count). The van der Waals surface area contributed by atoms with Crippen LogP contribution in [-0.2, 0) is 0 Å². The maximum Gasteiger partial charge on any atom is 0.125 e. The third kappa shape index (κ3) is 2.36. The number of aromatic nitrogens is 1. The van der Waals surface area contributed by atoms with E-state index in [9.17, 15) is 5.11 Å². The van der Waals surface area contributed by atoms with Gasteiger partial charge in [0.1, 0.15) is 11.9 Å². The van der Waals surface area contributed by atoms with Crippen molar-refractivity contribution >= 4 is 0 Å². The van der Waals surface area contributed by atoms with Gasteiger partial charge >= 0.3 is 0 Å². The lowest BCUT2D eigenvalue weighted by molar-refractivity contribution is 0.209. The molecule has 0 aliphatic heterocycles. The SMILES string of the molecule is COc1ccccc1C(O)c1ncc(C)cc1C. The highest BCUT2D eigenvalue weighted by Gasteiger charge is 2.18. The largest absolute Gasteiger partial charge is 0.496 e. The lowest BCUT2D eigenvalue weighted by atomic mass is 10.0. The second kappa shape index (κ2) is 5.19. The molecule has 1 aromatic heterocycles. The molecule has 0 radical (unpaired) electrons. The fourth-order valence-electron chi connectivity index (χ4n) is 2.05. The Balaban J connectivity index is 2.44. The minimum absolute atomic E-state index is 0.671. The standard InChI is InChI=1S/C15H17NO2/c1-10-8-11(2)14(16-9-10)15(17)12-6-4-5-7-13(12)18-3/h4-9,15,17H,1-3H3. The Hall–Kier alpha value is -1.87. The molecule has 0 aliphatic rings. The van der Waals surface area contributed by atoms with Crippen LogP contribution in [0.25, 0.3) is 0 Å². The molecule has 3 nitrogen and oxygen atoms in total. The van der Waals surface area contributed by atoms with E-state index in [-0.39, 0.29) is 0 Å². The summed E-state index contributed by atoms with van der Waals surface area (Å²) in [7, 11) is 1.60. The van der Waals surface area contributed by atoms with E-state index < -0.39 is 6.10 Å². The van der Waals surface area contributed by atoms with Crippen LogP contribution in [0.5, 0.6) is 5.75 Å². The van der Waals surface area contributed by atoms with Crippen molar-refractivity contribution in [1.82, 2.24) is 4.98 Å². The molecule has 0 aliphatic carbocycles. The summed E-state index contributed by atoms with van der Waals surface area (Å²) in [6.45, 7) is 3.94. The zero-order chi connectivity index (χ0) is 13.1. The predicted octanol–water partition coefficient (Wildman–Crippen LogP) is 2.79. The van der Waals surface area contributed by atoms with Crippen LogP contribution in [-0.4, -0.2) is 17.2 Å². The van der Waals surface area contributed by atoms with Gasteiger partial charge in [-0.25, -0.2) is 0 Å². The van der Waals surface area contributed by atoms with Gasteiger partial charge in [0, 0.05) is 11.8 Å². The van der Waals surface area contributed by atoms with Crippen LogP contribution < -0.4 is 4.74 Å². The molecule has 0 bridgehead atoms. The molecule has 0 saturated carbocycles. The van der Waals surface area contributed by atoms with Gasteiger partial charge in [0.2, 0.25) is 0 Å². The van der Waals surface area contributed by atoms with E-state index in [1.54, 1.807) is 13.3 Å². The van der Waals surface area contributed by atoms with E-state index in [0.717, 1.165) is 16.7 Å². The van der Waals surface area contributed by atoms with Crippen LogP contribution in [0.4, 0.5) is 0 Å². The number of aliphatic hydroxyl groups excluding tert-OH is 1. The highest BCUT2D eigenvalue weighted by atomic mass is 16.5. The van der Waals surface area contributed by atoms with Gasteiger partial charge in [0.05, 0.1) is 12.8 Å². The van der Waals surface area contributed by atoms with E-state index in [0.29, 0.717) is 11.4 Å². The summed E-state index contributed by atoms with van der Waals surface area (Å²) in [6.07, 6.45) is 1.00. The maximum atomic E-state index is 10.4. The summed E-state index contributed by atoms with van der Waals surface area (Å²) in [5, 5.41) is 10.4. The first-order valence-electron chi connectivity index (χ1n) is 5.87. The number of aryl methyl sites for hydroxylation is 2. The van der Waals surface area contributed by atoms with Gasteiger partial charge in [-0.3, -0.25) is 4.98 Å². The van der Waals surface area contributed by atoms with Crippen LogP contribution in [0, 0.1) is 13.8 Å². The monoisotopic (exact) mass is 243 g/mol. The molecule has 1 unspecified atom stereocenters. The summed E-state index contributed by atoms with van der Waals surface area (Å²) >= 11 is 0. The van der Waals surface area contributed by atoms with E-state index in [2.05, 4.69) is 4.98 Å². The third-order valence-electron chi connectivity index (χ3n) is 2.95. The number of ether oxygens (including phenoxy) is 1. The van der Waals surface area contributed by atoms with E-state index in [4.69, 9.17) is 4.74 Å². The van der Waals surface area contributed by atoms with Gasteiger partial charge in [0.25, 0.3) is 0 Å². The number of methoxy groups -OCH3 is 1. The Kier molecular flexibility index (Phi) is 3.63. The Morgan fingerprint density at radius 1 is 1.22 bits per heavy atom. The highest BCUT2D eigenvalue weighted by molar-refractivity contribution is 5.40. The molecular formula is C15H17NO2. The number of nitrogens with zero attached hydrogens (tertiary/aromatic N) is 1. The molecule has 0 fully saturated rings.